The average Bonchev–Trinajstić information content (AvgIpc) is 2.71. The van der Waals surface area contributed by atoms with E-state index in [-0.39, 0.29) is 26.7 Å². The summed E-state index contributed by atoms with van der Waals surface area (Å²) in [5.74, 6) is 0. The zero-order valence-electron chi connectivity index (χ0n) is 25.5. The molecule has 0 N–H and O–H groups in total. The molecule has 0 heterocycles. The molecule has 0 amide bonds. The first-order chi connectivity index (χ1) is 16.6. The predicted molar refractivity (Wildman–Crippen MR) is 170 cm³/mol. The Balaban J connectivity index is 2.48. The molecule has 2 aliphatic carbocycles. The Kier molecular flexibility index (Phi) is 9.61. The van der Waals surface area contributed by atoms with E-state index in [1.165, 1.54) is 24.5 Å². The minimum atomic E-state index is -0.247. The van der Waals surface area contributed by atoms with Crippen molar-refractivity contribution in [3.8, 4) is 0 Å². The number of fused-ring (bicyclic) bond motifs is 2. The van der Waals surface area contributed by atoms with Crippen LogP contribution in [-0.4, -0.2) is 22.6 Å². The highest BCUT2D eigenvalue weighted by molar-refractivity contribution is 7.70. The van der Waals surface area contributed by atoms with Gasteiger partial charge < -0.3 is 0 Å². The van der Waals surface area contributed by atoms with Gasteiger partial charge in [-0.2, -0.15) is 0 Å². The third-order valence-electron chi connectivity index (χ3n) is 8.02. The normalized spacial score (nSPS) is 24.5. The highest BCUT2D eigenvalue weighted by Crippen LogP contribution is 2.59. The Morgan fingerprint density at radius 3 is 1.86 bits per heavy atom. The van der Waals surface area contributed by atoms with E-state index in [1.807, 2.05) is 0 Å². The number of hydrogen-bond acceptors (Lipinski definition) is 0. The SMILES string of the molecule is CC(C)P(/C1=C/C(C)(C)CC/C=c2/cc3/c(cc21)=C(P(C(C)C)C(C)C)\C=C/C(C)(C)CC3)C(C)C. The number of benzene rings is 1. The highest BCUT2D eigenvalue weighted by Gasteiger charge is 2.29. The van der Waals surface area contributed by atoms with Crippen molar-refractivity contribution >= 4 is 32.5 Å². The molecule has 0 radical (unpaired) electrons. The standard InChI is InChI=1S/C34H54P2/c1-23(2)35(24(3)4)31-16-19-33(9,10)18-15-28-20-27-14-13-17-34(11,12)22-32(30(27)21-29(28)31)36(25(5)6)26(7)8/h14,16,19-26H,13,15,17-18H2,1-12H3/b19-16-,27-14-,31-29+,32-22+. The van der Waals surface area contributed by atoms with Gasteiger partial charge in [0.2, 0.25) is 0 Å². The number of aryl methyl sites for hydroxylation is 1. The molecule has 200 valence electrons. The van der Waals surface area contributed by atoms with Crippen LogP contribution in [0.15, 0.2) is 30.4 Å². The van der Waals surface area contributed by atoms with Gasteiger partial charge in [0.15, 0.2) is 0 Å². The first-order valence-corrected chi connectivity index (χ1v) is 17.5. The van der Waals surface area contributed by atoms with Crippen molar-refractivity contribution in [2.75, 3.05) is 0 Å². The van der Waals surface area contributed by atoms with Crippen LogP contribution in [0.1, 0.15) is 113 Å². The maximum absolute atomic E-state index is 2.70. The lowest BCUT2D eigenvalue weighted by atomic mass is 9.82. The zero-order chi connectivity index (χ0) is 27.0. The van der Waals surface area contributed by atoms with Crippen LogP contribution in [-0.2, 0) is 6.42 Å². The van der Waals surface area contributed by atoms with Crippen LogP contribution in [0.4, 0.5) is 0 Å². The van der Waals surface area contributed by atoms with Crippen molar-refractivity contribution in [1.29, 1.82) is 0 Å². The summed E-state index contributed by atoms with van der Waals surface area (Å²) in [4.78, 5) is 0. The Hall–Kier alpha value is -0.700. The lowest BCUT2D eigenvalue weighted by molar-refractivity contribution is 0.437. The van der Waals surface area contributed by atoms with E-state index < -0.39 is 0 Å². The van der Waals surface area contributed by atoms with Crippen molar-refractivity contribution in [2.24, 2.45) is 10.8 Å². The van der Waals surface area contributed by atoms with E-state index in [4.69, 9.17) is 0 Å². The number of allylic oxidation sites excluding steroid dienone is 3. The summed E-state index contributed by atoms with van der Waals surface area (Å²) in [7, 11) is -0.494. The molecule has 0 unspecified atom stereocenters. The summed E-state index contributed by atoms with van der Waals surface area (Å²) in [6, 6.07) is 5.29. The van der Waals surface area contributed by atoms with Crippen LogP contribution in [0.25, 0.3) is 16.7 Å². The number of rotatable bonds is 6. The van der Waals surface area contributed by atoms with Gasteiger partial charge in [-0.25, -0.2) is 0 Å². The number of hydrogen-bond donors (Lipinski definition) is 0. The van der Waals surface area contributed by atoms with Crippen LogP contribution < -0.4 is 10.4 Å². The fourth-order valence-electron chi connectivity index (χ4n) is 6.30. The van der Waals surface area contributed by atoms with E-state index in [2.05, 4.69) is 120 Å². The maximum Gasteiger partial charge on any atom is -0.0107 e. The molecule has 0 bridgehead atoms. The second-order valence-corrected chi connectivity index (χ2v) is 20.5. The minimum absolute atomic E-state index is 0.233. The van der Waals surface area contributed by atoms with Crippen molar-refractivity contribution in [3.05, 3.63) is 51.9 Å². The molecule has 2 aliphatic rings. The Bertz CT molecular complexity index is 1090. The maximum atomic E-state index is 2.70. The zero-order valence-corrected chi connectivity index (χ0v) is 27.3. The van der Waals surface area contributed by atoms with Crippen LogP contribution in [0.5, 0.6) is 0 Å². The molecule has 0 atom stereocenters. The first-order valence-electron chi connectivity index (χ1n) is 14.5. The molecule has 0 saturated carbocycles. The van der Waals surface area contributed by atoms with Gasteiger partial charge in [0.25, 0.3) is 0 Å². The molecule has 1 aromatic carbocycles. The third-order valence-corrected chi connectivity index (χ3v) is 14.3. The first kappa shape index (κ1) is 29.9. The molecule has 3 rings (SSSR count). The largest absolute Gasteiger partial charge is 0.0782 e. The quantitative estimate of drug-likeness (QED) is 0.325. The van der Waals surface area contributed by atoms with Crippen molar-refractivity contribution in [3.63, 3.8) is 0 Å². The van der Waals surface area contributed by atoms with Crippen LogP contribution in [0, 0.1) is 10.8 Å². The summed E-state index contributed by atoms with van der Waals surface area (Å²) in [6.45, 7) is 29.3. The molecule has 0 saturated heterocycles. The summed E-state index contributed by atoms with van der Waals surface area (Å²) >= 11 is 0. The minimum Gasteiger partial charge on any atom is -0.0782 e. The molecule has 2 heteroatoms. The molecule has 0 spiro atoms. The molecular weight excluding hydrogens is 470 g/mol. The van der Waals surface area contributed by atoms with E-state index >= 15 is 0 Å². The monoisotopic (exact) mass is 524 g/mol. The van der Waals surface area contributed by atoms with Gasteiger partial charge in [-0.3, -0.25) is 0 Å². The molecule has 1 aromatic rings. The second-order valence-electron chi connectivity index (χ2n) is 13.8. The molecular formula is C34H54P2. The molecule has 0 nitrogen and oxygen atoms in total. The van der Waals surface area contributed by atoms with Gasteiger partial charge in [-0.15, -0.1) is 0 Å². The van der Waals surface area contributed by atoms with E-state index in [0.717, 1.165) is 6.42 Å². The van der Waals surface area contributed by atoms with Crippen LogP contribution in [0.3, 0.4) is 0 Å². The van der Waals surface area contributed by atoms with E-state index in [0.29, 0.717) is 22.6 Å². The van der Waals surface area contributed by atoms with E-state index in [9.17, 15) is 0 Å². The summed E-state index contributed by atoms with van der Waals surface area (Å²) in [6.07, 6.45) is 15.1. The van der Waals surface area contributed by atoms with Crippen molar-refractivity contribution < 1.29 is 0 Å². The van der Waals surface area contributed by atoms with Crippen molar-refractivity contribution in [2.45, 2.75) is 131 Å². The Morgan fingerprint density at radius 2 is 1.31 bits per heavy atom. The second kappa shape index (κ2) is 11.6. The van der Waals surface area contributed by atoms with Gasteiger partial charge in [0.1, 0.15) is 0 Å². The topological polar surface area (TPSA) is 0 Å². The highest BCUT2D eigenvalue weighted by atomic mass is 31.1. The smallest absolute Gasteiger partial charge is 0.0107 e. The molecule has 36 heavy (non-hydrogen) atoms. The van der Waals surface area contributed by atoms with Crippen LogP contribution in [0.2, 0.25) is 0 Å². The summed E-state index contributed by atoms with van der Waals surface area (Å²) in [5.41, 5.74) is 6.34. The predicted octanol–water partition coefficient (Wildman–Crippen LogP) is 9.86. The van der Waals surface area contributed by atoms with Crippen molar-refractivity contribution in [1.82, 2.24) is 0 Å². The van der Waals surface area contributed by atoms with Gasteiger partial charge in [-0.05, 0) is 97.4 Å². The fourth-order valence-corrected chi connectivity index (χ4v) is 12.6. The summed E-state index contributed by atoms with van der Waals surface area (Å²) in [5, 5.41) is 6.37. The average molecular weight is 525 g/mol. The van der Waals surface area contributed by atoms with Crippen LogP contribution >= 0.6 is 15.8 Å². The van der Waals surface area contributed by atoms with Gasteiger partial charge in [0.05, 0.1) is 0 Å². The van der Waals surface area contributed by atoms with Gasteiger partial charge in [-0.1, -0.05) is 129 Å². The molecule has 0 aliphatic heterocycles. The fraction of sp³-hybridized carbons (Fsp3) is 0.647. The van der Waals surface area contributed by atoms with E-state index in [1.54, 1.807) is 27.0 Å². The molecule has 0 aromatic heterocycles. The molecule has 0 fully saturated rings. The Morgan fingerprint density at radius 1 is 0.722 bits per heavy atom. The third kappa shape index (κ3) is 6.83. The Labute approximate surface area is 226 Å². The lowest BCUT2D eigenvalue weighted by Gasteiger charge is -2.34. The summed E-state index contributed by atoms with van der Waals surface area (Å²) < 4.78 is 0. The van der Waals surface area contributed by atoms with Gasteiger partial charge in [0, 0.05) is 0 Å². The van der Waals surface area contributed by atoms with Gasteiger partial charge >= 0.3 is 0 Å². The lowest BCUT2D eigenvalue weighted by Crippen LogP contribution is -2.27.